The molecule has 1 fully saturated rings. The van der Waals surface area contributed by atoms with E-state index in [1.54, 1.807) is 0 Å². The number of hydrogen-bond acceptors (Lipinski definition) is 3. The summed E-state index contributed by atoms with van der Waals surface area (Å²) < 4.78 is 2.32. The highest BCUT2D eigenvalue weighted by Gasteiger charge is 2.11. The van der Waals surface area contributed by atoms with Crippen molar-refractivity contribution >= 4 is 40.8 Å². The van der Waals surface area contributed by atoms with Crippen molar-refractivity contribution in [3.8, 4) is 0 Å². The molecule has 3 rings (SSSR count). The number of aromatic nitrogens is 1. The number of aryl methyl sites for hydroxylation is 1. The van der Waals surface area contributed by atoms with Gasteiger partial charge in [-0.25, -0.2) is 0 Å². The van der Waals surface area contributed by atoms with E-state index in [2.05, 4.69) is 75.5 Å². The number of aliphatic imine (C=N–C) groups is 1. The van der Waals surface area contributed by atoms with E-state index >= 15 is 0 Å². The summed E-state index contributed by atoms with van der Waals surface area (Å²) in [4.78, 5) is 9.74. The molecular formula is C22H37IN6. The van der Waals surface area contributed by atoms with Crippen LogP contribution in [0.3, 0.4) is 0 Å². The minimum atomic E-state index is 0. The van der Waals surface area contributed by atoms with Gasteiger partial charge >= 0.3 is 0 Å². The Balaban J connectivity index is 0.00000300. The summed E-state index contributed by atoms with van der Waals surface area (Å²) in [5.74, 6) is 0.937. The number of benzene rings is 1. The predicted molar refractivity (Wildman–Crippen MR) is 135 cm³/mol. The third-order valence-corrected chi connectivity index (χ3v) is 5.38. The summed E-state index contributed by atoms with van der Waals surface area (Å²) in [6.07, 6.45) is 4.48. The number of nitrogens with zero attached hydrogens (tertiary/aromatic N) is 4. The van der Waals surface area contributed by atoms with Crippen LogP contribution in [-0.2, 0) is 6.54 Å². The van der Waals surface area contributed by atoms with Gasteiger partial charge in [0.1, 0.15) is 0 Å². The van der Waals surface area contributed by atoms with Gasteiger partial charge in [0.15, 0.2) is 5.96 Å². The van der Waals surface area contributed by atoms with Crippen molar-refractivity contribution in [3.05, 3.63) is 36.5 Å². The zero-order chi connectivity index (χ0) is 19.6. The smallest absolute Gasteiger partial charge is 0.191 e. The zero-order valence-electron chi connectivity index (χ0n) is 17.9. The van der Waals surface area contributed by atoms with Crippen LogP contribution in [-0.4, -0.2) is 79.7 Å². The highest BCUT2D eigenvalue weighted by atomic mass is 127. The van der Waals surface area contributed by atoms with Gasteiger partial charge in [-0.1, -0.05) is 18.2 Å². The minimum Gasteiger partial charge on any atom is -0.357 e. The third kappa shape index (κ3) is 7.79. The maximum absolute atomic E-state index is 4.76. The predicted octanol–water partition coefficient (Wildman–Crippen LogP) is 2.84. The Morgan fingerprint density at radius 1 is 1.03 bits per heavy atom. The van der Waals surface area contributed by atoms with Gasteiger partial charge in [0.2, 0.25) is 0 Å². The van der Waals surface area contributed by atoms with Gasteiger partial charge < -0.3 is 25.0 Å². The molecule has 6 nitrogen and oxygen atoms in total. The molecule has 0 unspecified atom stereocenters. The standard InChI is InChI=1S/C22H36N6.HI/c1-3-23-22(25-12-17-27-14-7-13-26(2)18-19-27)24-11-6-15-28-16-10-20-8-4-5-9-21(20)28;/h4-5,8-10,16H,3,6-7,11-15,17-19H2,1-2H3,(H2,23,24,25);1H. The summed E-state index contributed by atoms with van der Waals surface area (Å²) in [6, 6.07) is 10.7. The second-order valence-corrected chi connectivity index (χ2v) is 7.61. The maximum atomic E-state index is 4.76. The molecule has 0 atom stereocenters. The lowest BCUT2D eigenvalue weighted by Crippen LogP contribution is -2.42. The summed E-state index contributed by atoms with van der Waals surface area (Å²) in [5.41, 5.74) is 1.31. The quantitative estimate of drug-likeness (QED) is 0.247. The molecule has 1 saturated heterocycles. The van der Waals surface area contributed by atoms with Crippen LogP contribution in [0.1, 0.15) is 19.8 Å². The van der Waals surface area contributed by atoms with E-state index in [9.17, 15) is 0 Å². The van der Waals surface area contributed by atoms with Crippen LogP contribution in [0, 0.1) is 0 Å². The largest absolute Gasteiger partial charge is 0.357 e. The Morgan fingerprint density at radius 2 is 1.90 bits per heavy atom. The van der Waals surface area contributed by atoms with Crippen molar-refractivity contribution in [1.82, 2.24) is 25.0 Å². The number of hydrogen-bond donors (Lipinski definition) is 2. The lowest BCUT2D eigenvalue weighted by molar-refractivity contribution is 0.280. The SMILES string of the molecule is CCNC(=NCCCn1ccc2ccccc21)NCCN1CCCN(C)CC1.I. The van der Waals surface area contributed by atoms with Crippen molar-refractivity contribution in [2.24, 2.45) is 4.99 Å². The van der Waals surface area contributed by atoms with Crippen molar-refractivity contribution in [2.45, 2.75) is 26.3 Å². The number of fused-ring (bicyclic) bond motifs is 1. The van der Waals surface area contributed by atoms with E-state index in [0.29, 0.717) is 0 Å². The van der Waals surface area contributed by atoms with Gasteiger partial charge in [0.05, 0.1) is 0 Å². The molecule has 2 heterocycles. The fourth-order valence-corrected chi connectivity index (χ4v) is 3.77. The fraction of sp³-hybridized carbons (Fsp3) is 0.591. The van der Waals surface area contributed by atoms with E-state index in [4.69, 9.17) is 4.99 Å². The van der Waals surface area contributed by atoms with E-state index in [0.717, 1.165) is 51.6 Å². The molecule has 0 saturated carbocycles. The molecule has 2 aromatic rings. The zero-order valence-corrected chi connectivity index (χ0v) is 20.3. The first-order chi connectivity index (χ1) is 13.8. The van der Waals surface area contributed by atoms with Crippen molar-refractivity contribution in [1.29, 1.82) is 0 Å². The summed E-state index contributed by atoms with van der Waals surface area (Å²) in [6.45, 7) is 11.6. The highest BCUT2D eigenvalue weighted by molar-refractivity contribution is 14.0. The molecule has 0 bridgehead atoms. The third-order valence-electron chi connectivity index (χ3n) is 5.38. The van der Waals surface area contributed by atoms with E-state index in [1.807, 2.05) is 0 Å². The molecule has 1 aromatic carbocycles. The average Bonchev–Trinajstić information content (AvgIpc) is 3.00. The molecule has 7 heteroatoms. The molecule has 0 radical (unpaired) electrons. The molecule has 1 aliphatic heterocycles. The van der Waals surface area contributed by atoms with Gasteiger partial charge in [-0.15, -0.1) is 24.0 Å². The Kier molecular flexibility index (Phi) is 10.8. The minimum absolute atomic E-state index is 0. The molecule has 29 heavy (non-hydrogen) atoms. The van der Waals surface area contributed by atoms with Gasteiger partial charge in [0, 0.05) is 57.5 Å². The van der Waals surface area contributed by atoms with Gasteiger partial charge in [-0.05, 0) is 57.4 Å². The van der Waals surface area contributed by atoms with Crippen molar-refractivity contribution < 1.29 is 0 Å². The van der Waals surface area contributed by atoms with Crippen molar-refractivity contribution in [3.63, 3.8) is 0 Å². The molecule has 0 spiro atoms. The van der Waals surface area contributed by atoms with E-state index in [-0.39, 0.29) is 24.0 Å². The lowest BCUT2D eigenvalue weighted by atomic mass is 10.2. The lowest BCUT2D eigenvalue weighted by Gasteiger charge is -2.21. The van der Waals surface area contributed by atoms with Crippen LogP contribution >= 0.6 is 24.0 Å². The first-order valence-electron chi connectivity index (χ1n) is 10.7. The van der Waals surface area contributed by atoms with E-state index in [1.165, 1.54) is 37.0 Å². The normalized spacial score (nSPS) is 16.4. The molecule has 0 amide bonds. The fourth-order valence-electron chi connectivity index (χ4n) is 3.77. The summed E-state index contributed by atoms with van der Waals surface area (Å²) in [7, 11) is 2.22. The molecular weight excluding hydrogens is 475 g/mol. The first kappa shape index (κ1) is 24.0. The Labute approximate surface area is 192 Å². The Bertz CT molecular complexity index is 744. The molecule has 162 valence electrons. The van der Waals surface area contributed by atoms with Crippen LogP contribution in [0.15, 0.2) is 41.5 Å². The number of guanidine groups is 1. The molecule has 2 N–H and O–H groups in total. The molecule has 1 aliphatic rings. The number of likely N-dealkylation sites (N-methyl/N-ethyl adjacent to an activating group) is 1. The Morgan fingerprint density at radius 3 is 2.76 bits per heavy atom. The van der Waals surface area contributed by atoms with Crippen LogP contribution in [0.4, 0.5) is 0 Å². The Hall–Kier alpha value is -1.32. The van der Waals surface area contributed by atoms with Crippen LogP contribution in [0.5, 0.6) is 0 Å². The summed E-state index contributed by atoms with van der Waals surface area (Å²) >= 11 is 0. The van der Waals surface area contributed by atoms with Crippen molar-refractivity contribution in [2.75, 3.05) is 59.4 Å². The second-order valence-electron chi connectivity index (χ2n) is 7.61. The monoisotopic (exact) mass is 512 g/mol. The van der Waals surface area contributed by atoms with Gasteiger partial charge in [-0.2, -0.15) is 0 Å². The summed E-state index contributed by atoms with van der Waals surface area (Å²) in [5, 5.41) is 8.17. The van der Waals surface area contributed by atoms with Crippen LogP contribution < -0.4 is 10.6 Å². The molecule has 1 aromatic heterocycles. The first-order valence-corrected chi connectivity index (χ1v) is 10.7. The topological polar surface area (TPSA) is 47.8 Å². The van der Waals surface area contributed by atoms with E-state index < -0.39 is 0 Å². The maximum Gasteiger partial charge on any atom is 0.191 e. The highest BCUT2D eigenvalue weighted by Crippen LogP contribution is 2.15. The number of rotatable bonds is 8. The van der Waals surface area contributed by atoms with Gasteiger partial charge in [0.25, 0.3) is 0 Å². The van der Waals surface area contributed by atoms with Crippen LogP contribution in [0.2, 0.25) is 0 Å². The second kappa shape index (κ2) is 13.1. The van der Waals surface area contributed by atoms with Gasteiger partial charge in [-0.3, -0.25) is 4.99 Å². The number of nitrogens with one attached hydrogen (secondary N) is 2. The number of para-hydroxylation sites is 1. The number of halogens is 1. The molecule has 0 aliphatic carbocycles. The van der Waals surface area contributed by atoms with Crippen LogP contribution in [0.25, 0.3) is 10.9 Å². The average molecular weight is 512 g/mol.